The van der Waals surface area contributed by atoms with E-state index in [9.17, 15) is 4.39 Å². The maximum Gasteiger partial charge on any atom is 0.131 e. The van der Waals surface area contributed by atoms with E-state index in [0.717, 1.165) is 17.6 Å². The zero-order valence-corrected chi connectivity index (χ0v) is 11.2. The van der Waals surface area contributed by atoms with Gasteiger partial charge in [-0.1, -0.05) is 48.0 Å². The monoisotopic (exact) mass is 285 g/mol. The van der Waals surface area contributed by atoms with E-state index in [1.807, 2.05) is 12.1 Å². The van der Waals surface area contributed by atoms with Gasteiger partial charge in [0.25, 0.3) is 0 Å². The van der Waals surface area contributed by atoms with Gasteiger partial charge < -0.3 is 5.32 Å². The van der Waals surface area contributed by atoms with Crippen LogP contribution in [0.4, 0.5) is 4.39 Å². The summed E-state index contributed by atoms with van der Waals surface area (Å²) < 4.78 is 14.2. The number of hydrogen-bond donors (Lipinski definition) is 1. The molecule has 1 aromatic rings. The van der Waals surface area contributed by atoms with Gasteiger partial charge in [-0.3, -0.25) is 0 Å². The van der Waals surface area contributed by atoms with Crippen molar-refractivity contribution in [1.29, 1.82) is 0 Å². The highest BCUT2D eigenvalue weighted by molar-refractivity contribution is 9.10. The number of hydrogen-bond acceptors (Lipinski definition) is 1. The van der Waals surface area contributed by atoms with Crippen molar-refractivity contribution in [1.82, 2.24) is 5.32 Å². The summed E-state index contributed by atoms with van der Waals surface area (Å²) in [5.41, 5.74) is 0.620. The summed E-state index contributed by atoms with van der Waals surface area (Å²) in [5.74, 6) is 0.437. The Hall–Kier alpha value is -0.670. The molecule has 3 heteroatoms. The first-order valence-corrected chi connectivity index (χ1v) is 6.21. The fourth-order valence-electron chi connectivity index (χ4n) is 1.28. The van der Waals surface area contributed by atoms with Crippen LogP contribution in [0.5, 0.6) is 0 Å². The Labute approximate surface area is 105 Å². The fraction of sp³-hybridized carbons (Fsp3) is 0.385. The van der Waals surface area contributed by atoms with Crippen LogP contribution in [0.3, 0.4) is 0 Å². The molecule has 0 spiro atoms. The van der Waals surface area contributed by atoms with Crippen LogP contribution in [-0.4, -0.2) is 13.1 Å². The molecule has 88 valence electrons. The summed E-state index contributed by atoms with van der Waals surface area (Å²) in [6.07, 6.45) is 3.74. The highest BCUT2D eigenvalue weighted by Crippen LogP contribution is 2.16. The van der Waals surface area contributed by atoms with Crippen molar-refractivity contribution < 1.29 is 4.39 Å². The van der Waals surface area contributed by atoms with Crippen molar-refractivity contribution >= 4 is 22.0 Å². The van der Waals surface area contributed by atoms with Crippen molar-refractivity contribution in [2.75, 3.05) is 13.1 Å². The summed E-state index contributed by atoms with van der Waals surface area (Å²) in [6, 6.07) is 5.07. The van der Waals surface area contributed by atoms with Gasteiger partial charge in [-0.2, -0.15) is 0 Å². The first-order valence-electron chi connectivity index (χ1n) is 5.42. The lowest BCUT2D eigenvalue weighted by Gasteiger charge is -2.03. The van der Waals surface area contributed by atoms with Crippen LogP contribution in [0, 0.1) is 11.7 Å². The number of benzene rings is 1. The van der Waals surface area contributed by atoms with Crippen molar-refractivity contribution in [3.8, 4) is 0 Å². The molecule has 1 aromatic carbocycles. The van der Waals surface area contributed by atoms with Crippen molar-refractivity contribution in [2.45, 2.75) is 13.8 Å². The van der Waals surface area contributed by atoms with E-state index in [1.165, 1.54) is 6.07 Å². The molecule has 0 atom stereocenters. The summed E-state index contributed by atoms with van der Waals surface area (Å²) in [5, 5.41) is 3.27. The minimum atomic E-state index is -0.200. The fourth-order valence-corrected chi connectivity index (χ4v) is 1.61. The van der Waals surface area contributed by atoms with Crippen LogP contribution in [0.2, 0.25) is 0 Å². The molecule has 0 aromatic heterocycles. The lowest BCUT2D eigenvalue weighted by molar-refractivity contribution is 0.577. The molecule has 0 radical (unpaired) electrons. The third-order valence-corrected chi connectivity index (χ3v) is 2.57. The van der Waals surface area contributed by atoms with Crippen molar-refractivity contribution in [3.63, 3.8) is 0 Å². The van der Waals surface area contributed by atoms with Gasteiger partial charge in [-0.05, 0) is 24.6 Å². The largest absolute Gasteiger partial charge is 0.313 e. The summed E-state index contributed by atoms with van der Waals surface area (Å²) >= 11 is 3.23. The Bertz CT molecular complexity index is 361. The van der Waals surface area contributed by atoms with Crippen LogP contribution in [0.25, 0.3) is 6.08 Å². The molecular weight excluding hydrogens is 269 g/mol. The average Bonchev–Trinajstić information content (AvgIpc) is 2.20. The second kappa shape index (κ2) is 6.81. The molecule has 0 bridgehead atoms. The molecular formula is C13H17BrFN. The molecule has 1 rings (SSSR count). The standard InChI is InChI=1S/C13H17BrFN/c1-10(2)9-16-7-3-4-11-5-6-12(14)8-13(11)15/h3-6,8,10,16H,7,9H2,1-2H3. The molecule has 0 aliphatic rings. The van der Waals surface area contributed by atoms with Gasteiger partial charge in [0.05, 0.1) is 0 Å². The molecule has 0 fully saturated rings. The normalized spacial score (nSPS) is 11.6. The predicted octanol–water partition coefficient (Wildman–Crippen LogP) is 3.85. The number of nitrogens with one attached hydrogen (secondary N) is 1. The summed E-state index contributed by atoms with van der Waals surface area (Å²) in [6.45, 7) is 6.07. The van der Waals surface area contributed by atoms with E-state index in [2.05, 4.69) is 35.1 Å². The Morgan fingerprint density at radius 2 is 2.19 bits per heavy atom. The second-order valence-corrected chi connectivity index (χ2v) is 5.04. The minimum absolute atomic E-state index is 0.200. The van der Waals surface area contributed by atoms with Crippen LogP contribution >= 0.6 is 15.9 Å². The third kappa shape index (κ3) is 4.90. The maximum absolute atomic E-state index is 13.4. The zero-order valence-electron chi connectivity index (χ0n) is 9.63. The topological polar surface area (TPSA) is 12.0 Å². The molecule has 1 N–H and O–H groups in total. The Morgan fingerprint density at radius 3 is 2.81 bits per heavy atom. The molecule has 0 aliphatic heterocycles. The maximum atomic E-state index is 13.4. The molecule has 0 saturated carbocycles. The molecule has 0 unspecified atom stereocenters. The highest BCUT2D eigenvalue weighted by Gasteiger charge is 1.98. The minimum Gasteiger partial charge on any atom is -0.313 e. The summed E-state index contributed by atoms with van der Waals surface area (Å²) in [7, 11) is 0. The van der Waals surface area contributed by atoms with Crippen molar-refractivity contribution in [3.05, 3.63) is 40.1 Å². The van der Waals surface area contributed by atoms with Gasteiger partial charge in [0.1, 0.15) is 5.82 Å². The van der Waals surface area contributed by atoms with Gasteiger partial charge in [0.15, 0.2) is 0 Å². The van der Waals surface area contributed by atoms with Crippen LogP contribution in [0.1, 0.15) is 19.4 Å². The predicted molar refractivity (Wildman–Crippen MR) is 70.8 cm³/mol. The molecule has 0 amide bonds. The van der Waals surface area contributed by atoms with E-state index in [4.69, 9.17) is 0 Å². The van der Waals surface area contributed by atoms with E-state index < -0.39 is 0 Å². The van der Waals surface area contributed by atoms with Gasteiger partial charge in [-0.25, -0.2) is 4.39 Å². The highest BCUT2D eigenvalue weighted by atomic mass is 79.9. The van der Waals surface area contributed by atoms with E-state index in [0.29, 0.717) is 11.5 Å². The number of rotatable bonds is 5. The Kier molecular flexibility index (Phi) is 5.71. The lowest BCUT2D eigenvalue weighted by atomic mass is 10.2. The first-order chi connectivity index (χ1) is 7.59. The molecule has 1 nitrogen and oxygen atoms in total. The van der Waals surface area contributed by atoms with Crippen LogP contribution in [-0.2, 0) is 0 Å². The van der Waals surface area contributed by atoms with Gasteiger partial charge in [-0.15, -0.1) is 0 Å². The van der Waals surface area contributed by atoms with Crippen LogP contribution < -0.4 is 5.32 Å². The van der Waals surface area contributed by atoms with Crippen LogP contribution in [0.15, 0.2) is 28.7 Å². The number of halogens is 2. The van der Waals surface area contributed by atoms with E-state index in [-0.39, 0.29) is 5.82 Å². The molecule has 0 aliphatic carbocycles. The Morgan fingerprint density at radius 1 is 1.44 bits per heavy atom. The Balaban J connectivity index is 2.44. The quantitative estimate of drug-likeness (QED) is 0.811. The lowest BCUT2D eigenvalue weighted by Crippen LogP contribution is -2.19. The first kappa shape index (κ1) is 13.4. The van der Waals surface area contributed by atoms with Gasteiger partial charge in [0.2, 0.25) is 0 Å². The molecule has 0 saturated heterocycles. The zero-order chi connectivity index (χ0) is 12.0. The SMILES string of the molecule is CC(C)CNCC=Cc1ccc(Br)cc1F. The smallest absolute Gasteiger partial charge is 0.131 e. The average molecular weight is 286 g/mol. The molecule has 16 heavy (non-hydrogen) atoms. The van der Waals surface area contributed by atoms with Gasteiger partial charge in [0, 0.05) is 16.6 Å². The van der Waals surface area contributed by atoms with Gasteiger partial charge >= 0.3 is 0 Å². The van der Waals surface area contributed by atoms with E-state index in [1.54, 1.807) is 12.1 Å². The second-order valence-electron chi connectivity index (χ2n) is 4.12. The van der Waals surface area contributed by atoms with E-state index >= 15 is 0 Å². The molecule has 0 heterocycles. The third-order valence-electron chi connectivity index (χ3n) is 2.07. The summed E-state index contributed by atoms with van der Waals surface area (Å²) in [4.78, 5) is 0. The van der Waals surface area contributed by atoms with Crippen molar-refractivity contribution in [2.24, 2.45) is 5.92 Å².